The minimum Gasteiger partial charge on any atom is -0.497 e. The fourth-order valence-corrected chi connectivity index (χ4v) is 4.63. The van der Waals surface area contributed by atoms with E-state index in [0.29, 0.717) is 6.04 Å². The Morgan fingerprint density at radius 1 is 1.24 bits per heavy atom. The number of hydrogen-bond acceptors (Lipinski definition) is 3. The molecule has 0 amide bonds. The highest BCUT2D eigenvalue weighted by molar-refractivity contribution is 5.43. The Kier molecular flexibility index (Phi) is 3.54. The Morgan fingerprint density at radius 3 is 2.95 bits per heavy atom. The first-order valence-corrected chi connectivity index (χ1v) is 8.37. The molecule has 114 valence electrons. The summed E-state index contributed by atoms with van der Waals surface area (Å²) in [5, 5.41) is 3.82. The van der Waals surface area contributed by atoms with Crippen LogP contribution < -0.4 is 14.8 Å². The maximum Gasteiger partial charge on any atom is 0.124 e. The second-order valence-electron chi connectivity index (χ2n) is 6.94. The fourth-order valence-electron chi connectivity index (χ4n) is 4.63. The zero-order valence-corrected chi connectivity index (χ0v) is 12.8. The van der Waals surface area contributed by atoms with Gasteiger partial charge in [-0.15, -0.1) is 0 Å². The summed E-state index contributed by atoms with van der Waals surface area (Å²) in [6.07, 6.45) is 6.95. The molecule has 0 radical (unpaired) electrons. The number of ether oxygens (including phenoxy) is 2. The van der Waals surface area contributed by atoms with Crippen LogP contribution in [-0.2, 0) is 0 Å². The monoisotopic (exact) mass is 287 g/mol. The van der Waals surface area contributed by atoms with Gasteiger partial charge in [-0.1, -0.05) is 6.42 Å². The van der Waals surface area contributed by atoms with E-state index in [2.05, 4.69) is 11.4 Å². The molecule has 1 aliphatic heterocycles. The van der Waals surface area contributed by atoms with Crippen LogP contribution in [0, 0.1) is 17.8 Å². The molecule has 1 heterocycles. The lowest BCUT2D eigenvalue weighted by atomic mass is 9.88. The van der Waals surface area contributed by atoms with Crippen molar-refractivity contribution >= 4 is 0 Å². The molecule has 3 nitrogen and oxygen atoms in total. The Bertz CT molecular complexity index is 516. The molecule has 1 N–H and O–H groups in total. The van der Waals surface area contributed by atoms with Crippen LogP contribution in [0.5, 0.6) is 11.5 Å². The van der Waals surface area contributed by atoms with Gasteiger partial charge in [-0.25, -0.2) is 0 Å². The van der Waals surface area contributed by atoms with Crippen molar-refractivity contribution in [2.45, 2.75) is 38.1 Å². The van der Waals surface area contributed by atoms with Gasteiger partial charge in [-0.05, 0) is 61.8 Å². The third-order valence-electron chi connectivity index (χ3n) is 5.77. The van der Waals surface area contributed by atoms with Crippen LogP contribution in [0.25, 0.3) is 0 Å². The molecule has 0 spiro atoms. The number of hydrogen-bond donors (Lipinski definition) is 1. The van der Waals surface area contributed by atoms with Gasteiger partial charge in [0.2, 0.25) is 0 Å². The van der Waals surface area contributed by atoms with E-state index < -0.39 is 0 Å². The molecule has 2 aliphatic carbocycles. The van der Waals surface area contributed by atoms with E-state index in [1.165, 1.54) is 37.8 Å². The predicted molar refractivity (Wildman–Crippen MR) is 82.8 cm³/mol. The van der Waals surface area contributed by atoms with Crippen molar-refractivity contribution < 1.29 is 9.47 Å². The lowest BCUT2D eigenvalue weighted by molar-refractivity contribution is 0.237. The normalized spacial score (nSPS) is 33.6. The molecule has 2 saturated carbocycles. The van der Waals surface area contributed by atoms with Crippen LogP contribution in [0.3, 0.4) is 0 Å². The maximum atomic E-state index is 5.78. The van der Waals surface area contributed by atoms with Crippen molar-refractivity contribution in [2.75, 3.05) is 20.3 Å². The number of nitrogens with one attached hydrogen (secondary N) is 1. The second-order valence-corrected chi connectivity index (χ2v) is 6.94. The number of methoxy groups -OCH3 is 1. The van der Waals surface area contributed by atoms with Gasteiger partial charge >= 0.3 is 0 Å². The maximum absolute atomic E-state index is 5.78. The zero-order valence-electron chi connectivity index (χ0n) is 12.8. The summed E-state index contributed by atoms with van der Waals surface area (Å²) < 4.78 is 11.1. The highest BCUT2D eigenvalue weighted by Crippen LogP contribution is 2.48. The molecule has 2 fully saturated rings. The Hall–Kier alpha value is -1.22. The molecule has 1 aromatic carbocycles. The van der Waals surface area contributed by atoms with Gasteiger partial charge in [0.25, 0.3) is 0 Å². The minimum atomic E-state index is 0.419. The van der Waals surface area contributed by atoms with E-state index in [9.17, 15) is 0 Å². The number of benzene rings is 1. The van der Waals surface area contributed by atoms with Crippen molar-refractivity contribution in [3.05, 3.63) is 23.8 Å². The van der Waals surface area contributed by atoms with Crippen LogP contribution in [0.1, 0.15) is 43.7 Å². The first kappa shape index (κ1) is 13.4. The molecular weight excluding hydrogens is 262 g/mol. The summed E-state index contributed by atoms with van der Waals surface area (Å²) in [5.41, 5.74) is 1.27. The highest BCUT2D eigenvalue weighted by Gasteiger charge is 2.39. The van der Waals surface area contributed by atoms with E-state index in [4.69, 9.17) is 9.47 Å². The molecule has 21 heavy (non-hydrogen) atoms. The first-order valence-electron chi connectivity index (χ1n) is 8.37. The van der Waals surface area contributed by atoms with Crippen LogP contribution in [0.15, 0.2) is 18.2 Å². The van der Waals surface area contributed by atoms with Crippen molar-refractivity contribution in [1.29, 1.82) is 0 Å². The average molecular weight is 287 g/mol. The van der Waals surface area contributed by atoms with Crippen LogP contribution in [-0.4, -0.2) is 20.3 Å². The van der Waals surface area contributed by atoms with Crippen molar-refractivity contribution in [3.8, 4) is 11.5 Å². The Morgan fingerprint density at radius 2 is 2.19 bits per heavy atom. The molecule has 0 saturated heterocycles. The molecule has 0 aromatic heterocycles. The third kappa shape index (κ3) is 2.52. The second kappa shape index (κ2) is 5.53. The SMILES string of the molecule is COc1ccc2c(c1)C(NCC1CC3CCC1C3)CCO2. The number of fused-ring (bicyclic) bond motifs is 3. The Labute approximate surface area is 127 Å². The lowest BCUT2D eigenvalue weighted by Gasteiger charge is -2.30. The van der Waals surface area contributed by atoms with Crippen LogP contribution in [0.4, 0.5) is 0 Å². The standard InChI is InChI=1S/C18H25NO2/c1-20-15-4-5-18-16(10-15)17(6-7-21-18)19-11-14-9-12-2-3-13(14)8-12/h4-5,10,12-14,17,19H,2-3,6-9,11H2,1H3. The number of rotatable bonds is 4. The molecule has 4 atom stereocenters. The van der Waals surface area contributed by atoms with Crippen molar-refractivity contribution in [1.82, 2.24) is 5.32 Å². The molecule has 4 rings (SSSR count). The molecular formula is C18H25NO2. The Balaban J connectivity index is 1.44. The van der Waals surface area contributed by atoms with E-state index in [0.717, 1.165) is 42.3 Å². The summed E-state index contributed by atoms with van der Waals surface area (Å²) in [6.45, 7) is 1.98. The van der Waals surface area contributed by atoms with Gasteiger partial charge in [-0.3, -0.25) is 0 Å². The minimum absolute atomic E-state index is 0.419. The van der Waals surface area contributed by atoms with E-state index >= 15 is 0 Å². The molecule has 4 unspecified atom stereocenters. The van der Waals surface area contributed by atoms with Crippen molar-refractivity contribution in [2.24, 2.45) is 17.8 Å². The molecule has 2 bridgehead atoms. The average Bonchev–Trinajstić information content (AvgIpc) is 3.15. The van der Waals surface area contributed by atoms with Gasteiger partial charge in [0, 0.05) is 18.0 Å². The highest BCUT2D eigenvalue weighted by atomic mass is 16.5. The van der Waals surface area contributed by atoms with Gasteiger partial charge in [0.05, 0.1) is 13.7 Å². The zero-order chi connectivity index (χ0) is 14.2. The quantitative estimate of drug-likeness (QED) is 0.918. The predicted octanol–water partition coefficient (Wildman–Crippen LogP) is 3.54. The van der Waals surface area contributed by atoms with Gasteiger partial charge in [0.1, 0.15) is 11.5 Å². The van der Waals surface area contributed by atoms with Gasteiger partial charge < -0.3 is 14.8 Å². The third-order valence-corrected chi connectivity index (χ3v) is 5.77. The largest absolute Gasteiger partial charge is 0.497 e. The van der Waals surface area contributed by atoms with Gasteiger partial charge in [-0.2, -0.15) is 0 Å². The molecule has 1 aromatic rings. The summed E-state index contributed by atoms with van der Waals surface area (Å²) in [5.74, 6) is 4.87. The summed E-state index contributed by atoms with van der Waals surface area (Å²) in [4.78, 5) is 0. The molecule has 3 aliphatic rings. The smallest absolute Gasteiger partial charge is 0.124 e. The summed E-state index contributed by atoms with van der Waals surface area (Å²) >= 11 is 0. The fraction of sp³-hybridized carbons (Fsp3) is 0.667. The van der Waals surface area contributed by atoms with Crippen LogP contribution in [0.2, 0.25) is 0 Å². The summed E-state index contributed by atoms with van der Waals surface area (Å²) in [6, 6.07) is 6.58. The van der Waals surface area contributed by atoms with Gasteiger partial charge in [0.15, 0.2) is 0 Å². The van der Waals surface area contributed by atoms with E-state index in [-0.39, 0.29) is 0 Å². The van der Waals surface area contributed by atoms with Crippen LogP contribution >= 0.6 is 0 Å². The van der Waals surface area contributed by atoms with E-state index in [1.807, 2.05) is 12.1 Å². The van der Waals surface area contributed by atoms with Crippen molar-refractivity contribution in [3.63, 3.8) is 0 Å². The molecule has 3 heteroatoms. The first-order chi connectivity index (χ1) is 10.3. The summed E-state index contributed by atoms with van der Waals surface area (Å²) in [7, 11) is 1.73. The lowest BCUT2D eigenvalue weighted by Crippen LogP contribution is -2.32. The topological polar surface area (TPSA) is 30.5 Å². The van der Waals surface area contributed by atoms with E-state index in [1.54, 1.807) is 7.11 Å².